The fourth-order valence-electron chi connectivity index (χ4n) is 3.08. The summed E-state index contributed by atoms with van der Waals surface area (Å²) in [6.07, 6.45) is 6.23. The third-order valence-corrected chi connectivity index (χ3v) is 10.2. The normalized spacial score (nSPS) is 27.5. The van der Waals surface area contributed by atoms with E-state index in [9.17, 15) is 4.79 Å². The van der Waals surface area contributed by atoms with Crippen LogP contribution in [0.5, 0.6) is 0 Å². The molecule has 6 heteroatoms. The molecule has 2 aliphatic rings. The Morgan fingerprint density at radius 2 is 1.77 bits per heavy atom. The molecule has 2 fully saturated rings. The Morgan fingerprint density at radius 3 is 2.41 bits per heavy atom. The van der Waals surface area contributed by atoms with E-state index in [0.717, 1.165) is 29.3 Å². The van der Waals surface area contributed by atoms with Gasteiger partial charge in [-0.2, -0.15) is 47.0 Å². The molecule has 2 aliphatic heterocycles. The van der Waals surface area contributed by atoms with Gasteiger partial charge >= 0.3 is 5.97 Å². The van der Waals surface area contributed by atoms with Crippen molar-refractivity contribution in [3.05, 3.63) is 0 Å². The summed E-state index contributed by atoms with van der Waals surface area (Å²) in [5.41, 5.74) is 0. The predicted octanol–water partition coefficient (Wildman–Crippen LogP) is 4.73. The molecular formula is C16H28O2S4. The first-order valence-corrected chi connectivity index (χ1v) is 12.8. The van der Waals surface area contributed by atoms with Gasteiger partial charge in [0.2, 0.25) is 0 Å². The molecule has 0 radical (unpaired) electrons. The lowest BCUT2D eigenvalue weighted by molar-refractivity contribution is -0.137. The number of unbranched alkanes of at least 4 members (excludes halogenated alkanes) is 1. The summed E-state index contributed by atoms with van der Waals surface area (Å²) in [6, 6.07) is 0. The Bertz CT molecular complexity index is 315. The van der Waals surface area contributed by atoms with Gasteiger partial charge in [-0.25, -0.2) is 0 Å². The molecule has 2 saturated heterocycles. The number of aliphatic carboxylic acids is 1. The van der Waals surface area contributed by atoms with E-state index in [0.29, 0.717) is 6.42 Å². The van der Waals surface area contributed by atoms with Crippen molar-refractivity contribution in [3.8, 4) is 0 Å². The maximum atomic E-state index is 10.7. The summed E-state index contributed by atoms with van der Waals surface area (Å²) in [6.45, 7) is 0. The number of hydrogen-bond donors (Lipinski definition) is 1. The highest BCUT2D eigenvalue weighted by atomic mass is 32.2. The van der Waals surface area contributed by atoms with Crippen molar-refractivity contribution in [2.45, 2.75) is 49.0 Å². The lowest BCUT2D eigenvalue weighted by atomic mass is 9.92. The van der Waals surface area contributed by atoms with E-state index < -0.39 is 5.97 Å². The summed E-state index contributed by atoms with van der Waals surface area (Å²) in [5.74, 6) is 8.07. The van der Waals surface area contributed by atoms with E-state index in [1.807, 2.05) is 0 Å². The van der Waals surface area contributed by atoms with Crippen molar-refractivity contribution in [2.75, 3.05) is 34.5 Å². The van der Waals surface area contributed by atoms with Gasteiger partial charge in [-0.15, -0.1) is 0 Å². The lowest BCUT2D eigenvalue weighted by Crippen LogP contribution is -2.26. The van der Waals surface area contributed by atoms with Crippen molar-refractivity contribution >= 4 is 53.0 Å². The minimum absolute atomic E-state index is 0.342. The number of carbonyl (C=O) groups is 1. The smallest absolute Gasteiger partial charge is 0.303 e. The van der Waals surface area contributed by atoms with Crippen LogP contribution in [0.3, 0.4) is 0 Å². The molecule has 0 aliphatic carbocycles. The molecule has 0 saturated carbocycles. The molecule has 1 N–H and O–H groups in total. The Hall–Kier alpha value is 0.870. The highest BCUT2D eigenvalue weighted by molar-refractivity contribution is 8.07. The van der Waals surface area contributed by atoms with Crippen LogP contribution >= 0.6 is 47.0 Å². The maximum absolute atomic E-state index is 10.7. The van der Waals surface area contributed by atoms with Gasteiger partial charge in [0.05, 0.1) is 0 Å². The van der Waals surface area contributed by atoms with Crippen molar-refractivity contribution in [1.29, 1.82) is 0 Å². The van der Waals surface area contributed by atoms with Crippen molar-refractivity contribution in [3.63, 3.8) is 0 Å². The van der Waals surface area contributed by atoms with Gasteiger partial charge in [0, 0.05) is 51.4 Å². The predicted molar refractivity (Wildman–Crippen MR) is 106 cm³/mol. The molecule has 0 aromatic rings. The van der Waals surface area contributed by atoms with Crippen LogP contribution in [0.15, 0.2) is 0 Å². The first-order valence-electron chi connectivity index (χ1n) is 8.36. The Morgan fingerprint density at radius 1 is 1.00 bits per heavy atom. The molecule has 2 heterocycles. The van der Waals surface area contributed by atoms with Gasteiger partial charge in [0.25, 0.3) is 0 Å². The third-order valence-electron chi connectivity index (χ3n) is 4.33. The van der Waals surface area contributed by atoms with Crippen LogP contribution < -0.4 is 0 Å². The monoisotopic (exact) mass is 380 g/mol. The van der Waals surface area contributed by atoms with E-state index >= 15 is 0 Å². The van der Waals surface area contributed by atoms with E-state index in [2.05, 4.69) is 47.0 Å². The van der Waals surface area contributed by atoms with Crippen LogP contribution in [0.25, 0.3) is 0 Å². The first-order chi connectivity index (χ1) is 10.8. The molecule has 22 heavy (non-hydrogen) atoms. The molecule has 0 amide bonds. The minimum Gasteiger partial charge on any atom is -0.481 e. The van der Waals surface area contributed by atoms with Crippen molar-refractivity contribution < 1.29 is 9.90 Å². The van der Waals surface area contributed by atoms with Crippen LogP contribution in [0.1, 0.15) is 38.5 Å². The van der Waals surface area contributed by atoms with E-state index in [1.165, 1.54) is 53.8 Å². The molecule has 2 nitrogen and oxygen atoms in total. The van der Waals surface area contributed by atoms with Gasteiger partial charge in [0.1, 0.15) is 0 Å². The van der Waals surface area contributed by atoms with Gasteiger partial charge < -0.3 is 5.11 Å². The molecule has 3 atom stereocenters. The average Bonchev–Trinajstić information content (AvgIpc) is 2.55. The fourth-order valence-corrected chi connectivity index (χ4v) is 8.89. The van der Waals surface area contributed by atoms with E-state index in [4.69, 9.17) is 5.11 Å². The Labute approximate surface area is 152 Å². The summed E-state index contributed by atoms with van der Waals surface area (Å²) in [5, 5.41) is 10.5. The highest BCUT2D eigenvalue weighted by Gasteiger charge is 2.25. The Balaban J connectivity index is 1.73. The number of rotatable bonds is 9. The largest absolute Gasteiger partial charge is 0.481 e. The first kappa shape index (κ1) is 19.2. The third kappa shape index (κ3) is 7.63. The van der Waals surface area contributed by atoms with Crippen LogP contribution in [-0.4, -0.2) is 56.1 Å². The van der Waals surface area contributed by atoms with Crippen LogP contribution in [0, 0.1) is 5.92 Å². The van der Waals surface area contributed by atoms with Gasteiger partial charge in [-0.1, -0.05) is 6.42 Å². The molecule has 0 spiro atoms. The summed E-state index contributed by atoms with van der Waals surface area (Å²) < 4.78 is 0. The average molecular weight is 381 g/mol. The SMILES string of the molecule is O=C(O)CCCCC(CC[C@@H]1CSCCS1)[C@@H]1CSCCS1. The van der Waals surface area contributed by atoms with Crippen molar-refractivity contribution in [2.24, 2.45) is 5.92 Å². The molecular weight excluding hydrogens is 352 g/mol. The summed E-state index contributed by atoms with van der Waals surface area (Å²) in [4.78, 5) is 10.7. The second kappa shape index (κ2) is 11.4. The number of carboxylic acids is 1. The maximum Gasteiger partial charge on any atom is 0.303 e. The number of thioether (sulfide) groups is 4. The molecule has 0 aromatic carbocycles. The zero-order valence-corrected chi connectivity index (χ0v) is 16.5. The minimum atomic E-state index is -0.644. The quantitative estimate of drug-likeness (QED) is 0.583. The lowest BCUT2D eigenvalue weighted by Gasteiger charge is -2.31. The number of carboxylic acid groups (broad SMARTS) is 1. The van der Waals surface area contributed by atoms with Crippen molar-refractivity contribution in [1.82, 2.24) is 0 Å². The zero-order chi connectivity index (χ0) is 15.6. The highest BCUT2D eigenvalue weighted by Crippen LogP contribution is 2.36. The Kier molecular flexibility index (Phi) is 9.97. The van der Waals surface area contributed by atoms with Crippen LogP contribution in [-0.2, 0) is 4.79 Å². The van der Waals surface area contributed by atoms with Gasteiger partial charge in [-0.3, -0.25) is 4.79 Å². The van der Waals surface area contributed by atoms with Crippen LogP contribution in [0.2, 0.25) is 0 Å². The molecule has 0 aromatic heterocycles. The molecule has 2 rings (SSSR count). The van der Waals surface area contributed by atoms with E-state index in [1.54, 1.807) is 0 Å². The molecule has 0 bridgehead atoms. The second-order valence-corrected chi connectivity index (χ2v) is 11.1. The summed E-state index contributed by atoms with van der Waals surface area (Å²) in [7, 11) is 0. The van der Waals surface area contributed by atoms with E-state index in [-0.39, 0.29) is 0 Å². The molecule has 1 unspecified atom stereocenters. The molecule has 128 valence electrons. The van der Waals surface area contributed by atoms with Crippen LogP contribution in [0.4, 0.5) is 0 Å². The fraction of sp³-hybridized carbons (Fsp3) is 0.938. The number of hydrogen-bond acceptors (Lipinski definition) is 5. The topological polar surface area (TPSA) is 37.3 Å². The van der Waals surface area contributed by atoms with Gasteiger partial charge in [-0.05, 0) is 31.6 Å². The standard InChI is InChI=1S/C16H28O2S4/c17-16(18)4-2-1-3-13(15-12-20-8-10-22-15)5-6-14-11-19-7-9-21-14/h13-15H,1-12H2,(H,17,18)/t13?,14-,15+/m1/s1. The zero-order valence-electron chi connectivity index (χ0n) is 13.2. The van der Waals surface area contributed by atoms with Gasteiger partial charge in [0.15, 0.2) is 0 Å². The summed E-state index contributed by atoms with van der Waals surface area (Å²) >= 11 is 8.58. The second-order valence-electron chi connectivity index (χ2n) is 6.03.